The van der Waals surface area contributed by atoms with E-state index in [0.29, 0.717) is 31.7 Å². The van der Waals surface area contributed by atoms with E-state index in [9.17, 15) is 22.8 Å². The molecule has 1 N–H and O–H groups in total. The first kappa shape index (κ1) is 20.2. The minimum atomic E-state index is -4.41. The number of hydrogen-bond acceptors (Lipinski definition) is 3. The summed E-state index contributed by atoms with van der Waals surface area (Å²) < 4.78 is 38.7. The van der Waals surface area contributed by atoms with Crippen LogP contribution in [0.1, 0.15) is 31.4 Å². The Balaban J connectivity index is 2.15. The van der Waals surface area contributed by atoms with Crippen molar-refractivity contribution in [3.63, 3.8) is 0 Å². The first-order valence-corrected chi connectivity index (χ1v) is 8.72. The summed E-state index contributed by atoms with van der Waals surface area (Å²) in [4.78, 5) is 28.0. The van der Waals surface area contributed by atoms with Crippen LogP contribution in [0.2, 0.25) is 0 Å². The van der Waals surface area contributed by atoms with E-state index in [4.69, 9.17) is 0 Å². The Morgan fingerprint density at radius 3 is 2.62 bits per heavy atom. The van der Waals surface area contributed by atoms with Crippen LogP contribution < -0.4 is 5.32 Å². The van der Waals surface area contributed by atoms with Gasteiger partial charge in [-0.1, -0.05) is 18.2 Å². The van der Waals surface area contributed by atoms with Gasteiger partial charge in [0.05, 0.1) is 18.0 Å². The minimum Gasteiger partial charge on any atom is -0.353 e. The van der Waals surface area contributed by atoms with Crippen LogP contribution in [-0.2, 0) is 22.3 Å². The van der Waals surface area contributed by atoms with Gasteiger partial charge in [-0.3, -0.25) is 14.5 Å². The molecule has 5 nitrogen and oxygen atoms in total. The molecule has 0 saturated carbocycles. The van der Waals surface area contributed by atoms with Crippen LogP contribution in [0.5, 0.6) is 0 Å². The van der Waals surface area contributed by atoms with Gasteiger partial charge in [0, 0.05) is 32.7 Å². The summed E-state index contributed by atoms with van der Waals surface area (Å²) in [5.41, 5.74) is -0.248. The van der Waals surface area contributed by atoms with E-state index >= 15 is 0 Å². The van der Waals surface area contributed by atoms with E-state index in [0.717, 1.165) is 12.1 Å². The second-order valence-electron chi connectivity index (χ2n) is 6.25. The summed E-state index contributed by atoms with van der Waals surface area (Å²) in [5.74, 6) is -0.394. The molecule has 0 radical (unpaired) electrons. The summed E-state index contributed by atoms with van der Waals surface area (Å²) in [6, 6.07) is 4.40. The molecular formula is C18H24F3N3O2. The number of benzene rings is 1. The highest BCUT2D eigenvalue weighted by molar-refractivity contribution is 5.88. The number of piperazine rings is 1. The van der Waals surface area contributed by atoms with Crippen molar-refractivity contribution in [2.45, 2.75) is 39.0 Å². The van der Waals surface area contributed by atoms with E-state index in [1.54, 1.807) is 15.9 Å². The summed E-state index contributed by atoms with van der Waals surface area (Å²) in [5, 5.41) is 2.73. The lowest BCUT2D eigenvalue weighted by Gasteiger charge is -2.35. The van der Waals surface area contributed by atoms with Gasteiger partial charge in [0.2, 0.25) is 11.8 Å². The fourth-order valence-electron chi connectivity index (χ4n) is 3.12. The van der Waals surface area contributed by atoms with Crippen LogP contribution in [-0.4, -0.2) is 53.8 Å². The van der Waals surface area contributed by atoms with E-state index in [1.807, 2.05) is 13.8 Å². The normalized spacial score (nSPS) is 18.5. The van der Waals surface area contributed by atoms with Gasteiger partial charge < -0.3 is 10.2 Å². The number of rotatable bonds is 6. The zero-order chi connectivity index (χ0) is 19.3. The lowest BCUT2D eigenvalue weighted by molar-refractivity contribution is -0.139. The monoisotopic (exact) mass is 371 g/mol. The van der Waals surface area contributed by atoms with Gasteiger partial charge in [0.25, 0.3) is 0 Å². The average Bonchev–Trinajstić information content (AvgIpc) is 2.58. The molecule has 0 spiro atoms. The van der Waals surface area contributed by atoms with Crippen molar-refractivity contribution in [3.8, 4) is 0 Å². The van der Waals surface area contributed by atoms with E-state index < -0.39 is 17.8 Å². The quantitative estimate of drug-likeness (QED) is 0.835. The molecule has 1 aromatic rings. The van der Waals surface area contributed by atoms with Gasteiger partial charge >= 0.3 is 6.18 Å². The van der Waals surface area contributed by atoms with Crippen LogP contribution in [0.4, 0.5) is 13.2 Å². The van der Waals surface area contributed by atoms with Crippen molar-refractivity contribution in [2.75, 3.05) is 26.2 Å². The van der Waals surface area contributed by atoms with E-state index in [-0.39, 0.29) is 24.8 Å². The molecule has 1 atom stereocenters. The lowest BCUT2D eigenvalue weighted by atomic mass is 10.0. The highest BCUT2D eigenvalue weighted by Gasteiger charge is 2.34. The van der Waals surface area contributed by atoms with Crippen molar-refractivity contribution in [2.24, 2.45) is 0 Å². The highest BCUT2D eigenvalue weighted by atomic mass is 19.4. The largest absolute Gasteiger partial charge is 0.416 e. The average molecular weight is 371 g/mol. The molecular weight excluding hydrogens is 347 g/mol. The van der Waals surface area contributed by atoms with Crippen molar-refractivity contribution >= 4 is 11.8 Å². The molecule has 1 fully saturated rings. The highest BCUT2D eigenvalue weighted by Crippen LogP contribution is 2.30. The Morgan fingerprint density at radius 2 is 2.00 bits per heavy atom. The van der Waals surface area contributed by atoms with Crippen LogP contribution in [0, 0.1) is 0 Å². The Morgan fingerprint density at radius 1 is 1.31 bits per heavy atom. The van der Waals surface area contributed by atoms with Gasteiger partial charge in [0.1, 0.15) is 0 Å². The number of carbonyl (C=O) groups is 2. The summed E-state index contributed by atoms with van der Waals surface area (Å²) in [6.07, 6.45) is -4.39. The van der Waals surface area contributed by atoms with Crippen LogP contribution >= 0.6 is 0 Å². The molecule has 1 aromatic carbocycles. The molecule has 1 aliphatic heterocycles. The zero-order valence-corrected chi connectivity index (χ0v) is 15.0. The number of hydrogen-bond donors (Lipinski definition) is 1. The Kier molecular flexibility index (Phi) is 6.63. The molecule has 1 saturated heterocycles. The van der Waals surface area contributed by atoms with E-state index in [1.165, 1.54) is 6.07 Å². The molecule has 1 aliphatic rings. The molecule has 26 heavy (non-hydrogen) atoms. The Hall–Kier alpha value is -2.09. The van der Waals surface area contributed by atoms with Gasteiger partial charge in [0.15, 0.2) is 0 Å². The molecule has 2 amide bonds. The standard InChI is InChI=1S/C18H24F3N3O2/c1-3-23(4-2)16(25)11-15-17(26)22-8-9-24(15)12-13-6-5-7-14(10-13)18(19,20)21/h5-7,10,15H,3-4,8-9,11-12H2,1-2H3,(H,22,26)/t15-/m1/s1. The van der Waals surface area contributed by atoms with Gasteiger partial charge in [-0.25, -0.2) is 0 Å². The fourth-order valence-corrected chi connectivity index (χ4v) is 3.12. The number of halogens is 3. The molecule has 0 unspecified atom stereocenters. The maximum atomic E-state index is 12.9. The number of alkyl halides is 3. The number of nitrogens with zero attached hydrogens (tertiary/aromatic N) is 2. The summed E-state index contributed by atoms with van der Waals surface area (Å²) >= 11 is 0. The smallest absolute Gasteiger partial charge is 0.353 e. The number of amides is 2. The van der Waals surface area contributed by atoms with Crippen molar-refractivity contribution in [1.29, 1.82) is 0 Å². The molecule has 8 heteroatoms. The molecule has 144 valence electrons. The summed E-state index contributed by atoms with van der Waals surface area (Å²) in [7, 11) is 0. The van der Waals surface area contributed by atoms with Crippen molar-refractivity contribution in [3.05, 3.63) is 35.4 Å². The SMILES string of the molecule is CCN(CC)C(=O)C[C@@H]1C(=O)NCCN1Cc1cccc(C(F)(F)F)c1. The lowest BCUT2D eigenvalue weighted by Crippen LogP contribution is -2.56. The third-order valence-corrected chi connectivity index (χ3v) is 4.57. The first-order valence-electron chi connectivity index (χ1n) is 8.72. The van der Waals surface area contributed by atoms with Crippen molar-refractivity contribution < 1.29 is 22.8 Å². The Bertz CT molecular complexity index is 645. The zero-order valence-electron chi connectivity index (χ0n) is 15.0. The summed E-state index contributed by atoms with van der Waals surface area (Å²) in [6.45, 7) is 5.92. The third kappa shape index (κ3) is 4.97. The van der Waals surface area contributed by atoms with Crippen LogP contribution in [0.3, 0.4) is 0 Å². The molecule has 0 bridgehead atoms. The Labute approximate surface area is 151 Å². The van der Waals surface area contributed by atoms with Crippen LogP contribution in [0.25, 0.3) is 0 Å². The number of nitrogens with one attached hydrogen (secondary N) is 1. The molecule has 0 aromatic heterocycles. The topological polar surface area (TPSA) is 52.7 Å². The van der Waals surface area contributed by atoms with E-state index in [2.05, 4.69) is 5.32 Å². The maximum Gasteiger partial charge on any atom is 0.416 e. The van der Waals surface area contributed by atoms with Gasteiger partial charge in [-0.15, -0.1) is 0 Å². The second-order valence-corrected chi connectivity index (χ2v) is 6.25. The second kappa shape index (κ2) is 8.53. The minimum absolute atomic E-state index is 0.0203. The molecule has 1 heterocycles. The van der Waals surface area contributed by atoms with Gasteiger partial charge in [-0.05, 0) is 25.5 Å². The third-order valence-electron chi connectivity index (χ3n) is 4.57. The molecule has 2 rings (SSSR count). The fraction of sp³-hybridized carbons (Fsp3) is 0.556. The van der Waals surface area contributed by atoms with Crippen LogP contribution in [0.15, 0.2) is 24.3 Å². The predicted molar refractivity (Wildman–Crippen MR) is 91.2 cm³/mol. The predicted octanol–water partition coefficient (Wildman–Crippen LogP) is 2.26. The first-order chi connectivity index (χ1) is 12.3. The maximum absolute atomic E-state index is 12.9. The molecule has 0 aliphatic carbocycles. The van der Waals surface area contributed by atoms with Gasteiger partial charge in [-0.2, -0.15) is 13.2 Å². The number of carbonyl (C=O) groups excluding carboxylic acids is 2. The van der Waals surface area contributed by atoms with Crippen molar-refractivity contribution in [1.82, 2.24) is 15.1 Å².